The van der Waals surface area contributed by atoms with E-state index in [2.05, 4.69) is 27.1 Å². The van der Waals surface area contributed by atoms with Crippen molar-refractivity contribution >= 4 is 11.2 Å². The van der Waals surface area contributed by atoms with Crippen molar-refractivity contribution in [2.75, 3.05) is 20.1 Å². The lowest BCUT2D eigenvalue weighted by molar-refractivity contribution is -0.137. The summed E-state index contributed by atoms with van der Waals surface area (Å²) in [5.74, 6) is -0.477. The van der Waals surface area contributed by atoms with E-state index >= 15 is 0 Å². The Kier molecular flexibility index (Phi) is 4.49. The van der Waals surface area contributed by atoms with Crippen LogP contribution in [0.3, 0.4) is 0 Å². The molecule has 1 aromatic carbocycles. The first-order chi connectivity index (χ1) is 13.2. The molecule has 1 saturated heterocycles. The van der Waals surface area contributed by atoms with Crippen LogP contribution in [0, 0.1) is 6.92 Å². The first-order valence-corrected chi connectivity index (χ1v) is 9.04. The van der Waals surface area contributed by atoms with Gasteiger partial charge in [-0.15, -0.1) is 10.2 Å². The van der Waals surface area contributed by atoms with Gasteiger partial charge in [-0.3, -0.25) is 0 Å². The molecule has 0 saturated carbocycles. The molecule has 148 valence electrons. The fourth-order valence-corrected chi connectivity index (χ4v) is 3.85. The number of aromatic nitrogens is 4. The lowest BCUT2D eigenvalue weighted by atomic mass is 10.0. The van der Waals surface area contributed by atoms with Crippen molar-refractivity contribution in [2.45, 2.75) is 32.0 Å². The first kappa shape index (κ1) is 18.7. The van der Waals surface area contributed by atoms with Gasteiger partial charge in [0, 0.05) is 18.2 Å². The average molecular weight is 391 g/mol. The minimum atomic E-state index is -4.53. The number of phenols is 1. The highest BCUT2D eigenvalue weighted by molar-refractivity contribution is 5.79. The number of imidazole rings is 1. The molecule has 0 amide bonds. The van der Waals surface area contributed by atoms with Gasteiger partial charge in [-0.05, 0) is 57.1 Å². The Morgan fingerprint density at radius 3 is 2.64 bits per heavy atom. The maximum absolute atomic E-state index is 12.9. The number of rotatable bonds is 2. The molecule has 0 spiro atoms. The molecule has 1 aliphatic heterocycles. The van der Waals surface area contributed by atoms with E-state index in [1.807, 2.05) is 4.57 Å². The predicted molar refractivity (Wildman–Crippen MR) is 97.9 cm³/mol. The zero-order valence-corrected chi connectivity index (χ0v) is 15.5. The second-order valence-corrected chi connectivity index (χ2v) is 7.33. The van der Waals surface area contributed by atoms with Crippen LogP contribution in [0.25, 0.3) is 22.4 Å². The van der Waals surface area contributed by atoms with E-state index in [4.69, 9.17) is 0 Å². The summed E-state index contributed by atoms with van der Waals surface area (Å²) >= 11 is 0. The van der Waals surface area contributed by atoms with Crippen molar-refractivity contribution < 1.29 is 18.3 Å². The minimum absolute atomic E-state index is 0.231. The molecule has 6 nitrogen and oxygen atoms in total. The van der Waals surface area contributed by atoms with Gasteiger partial charge in [0.05, 0.1) is 17.6 Å². The smallest absolute Gasteiger partial charge is 0.416 e. The Hall–Kier alpha value is -2.68. The minimum Gasteiger partial charge on any atom is -0.507 e. The van der Waals surface area contributed by atoms with Crippen LogP contribution < -0.4 is 0 Å². The highest BCUT2D eigenvalue weighted by atomic mass is 19.4. The number of hydrogen-bond acceptors (Lipinski definition) is 5. The number of halogens is 3. The van der Waals surface area contributed by atoms with Gasteiger partial charge in [0.15, 0.2) is 5.65 Å². The Morgan fingerprint density at radius 1 is 1.18 bits per heavy atom. The number of alkyl halides is 3. The summed E-state index contributed by atoms with van der Waals surface area (Å²) < 4.78 is 40.8. The Bertz CT molecular complexity index is 1010. The molecule has 3 aromatic rings. The molecular weight excluding hydrogens is 371 g/mol. The van der Waals surface area contributed by atoms with Crippen molar-refractivity contribution in [2.24, 2.45) is 0 Å². The van der Waals surface area contributed by atoms with Crippen LogP contribution in [0.4, 0.5) is 13.2 Å². The molecule has 4 rings (SSSR count). The Labute approximate surface area is 159 Å². The number of aromatic hydroxyl groups is 1. The maximum Gasteiger partial charge on any atom is 0.416 e. The molecule has 0 unspecified atom stereocenters. The lowest BCUT2D eigenvalue weighted by Gasteiger charge is -2.30. The molecular formula is C19H20F3N5O. The van der Waals surface area contributed by atoms with Crippen LogP contribution in [-0.4, -0.2) is 49.9 Å². The summed E-state index contributed by atoms with van der Waals surface area (Å²) in [5, 5.41) is 18.6. The lowest BCUT2D eigenvalue weighted by Crippen LogP contribution is -2.33. The van der Waals surface area contributed by atoms with Gasteiger partial charge in [-0.1, -0.05) is 0 Å². The highest BCUT2D eigenvalue weighted by Crippen LogP contribution is 2.38. The van der Waals surface area contributed by atoms with Crippen molar-refractivity contribution in [1.29, 1.82) is 0 Å². The summed E-state index contributed by atoms with van der Waals surface area (Å²) in [4.78, 5) is 6.66. The van der Waals surface area contributed by atoms with Gasteiger partial charge in [0.2, 0.25) is 0 Å². The summed E-state index contributed by atoms with van der Waals surface area (Å²) in [7, 11) is 2.07. The van der Waals surface area contributed by atoms with Crippen molar-refractivity contribution in [3.8, 4) is 17.0 Å². The largest absolute Gasteiger partial charge is 0.507 e. The molecule has 1 N–H and O–H groups in total. The molecule has 0 aliphatic carbocycles. The topological polar surface area (TPSA) is 67.1 Å². The van der Waals surface area contributed by atoms with Gasteiger partial charge < -0.3 is 14.6 Å². The number of likely N-dealkylation sites (N-methyl/N-ethyl adjacent to an activating group) is 1. The van der Waals surface area contributed by atoms with Crippen LogP contribution >= 0.6 is 0 Å². The van der Waals surface area contributed by atoms with Gasteiger partial charge in [0.1, 0.15) is 11.3 Å². The number of nitrogens with zero attached hydrogens (tertiary/aromatic N) is 5. The average Bonchev–Trinajstić information content (AvgIpc) is 3.03. The molecule has 1 atom stereocenters. The third-order valence-electron chi connectivity index (χ3n) is 5.21. The van der Waals surface area contributed by atoms with E-state index in [0.29, 0.717) is 22.9 Å². The standard InChI is InChI=1S/C19H20F3N5O/c1-11-6-12(19(20,21)22)7-16(28)17(11)14-8-15-18(25-24-14)27(10-23-15)13-4-3-5-26(2)9-13/h6-8,10,13,28H,3-5,9H2,1-2H3/t13-/m0/s1. The molecule has 2 aromatic heterocycles. The molecule has 28 heavy (non-hydrogen) atoms. The summed E-state index contributed by atoms with van der Waals surface area (Å²) in [5.41, 5.74) is 1.13. The molecule has 3 heterocycles. The number of likely N-dealkylation sites (tertiary alicyclic amines) is 1. The van der Waals surface area contributed by atoms with Crippen LogP contribution in [0.15, 0.2) is 24.5 Å². The van der Waals surface area contributed by atoms with E-state index in [9.17, 15) is 18.3 Å². The van der Waals surface area contributed by atoms with Crippen LogP contribution in [0.1, 0.15) is 30.0 Å². The molecule has 0 bridgehead atoms. The fraction of sp³-hybridized carbons (Fsp3) is 0.421. The molecule has 9 heteroatoms. The number of piperidine rings is 1. The second-order valence-electron chi connectivity index (χ2n) is 7.33. The first-order valence-electron chi connectivity index (χ1n) is 9.04. The normalized spacial score (nSPS) is 18.7. The van der Waals surface area contributed by atoms with Crippen molar-refractivity contribution in [3.05, 3.63) is 35.7 Å². The van der Waals surface area contributed by atoms with E-state index in [0.717, 1.165) is 32.0 Å². The van der Waals surface area contributed by atoms with E-state index < -0.39 is 17.5 Å². The Balaban J connectivity index is 1.73. The van der Waals surface area contributed by atoms with Gasteiger partial charge in [0.25, 0.3) is 0 Å². The molecule has 0 radical (unpaired) electrons. The second kappa shape index (κ2) is 6.73. The van der Waals surface area contributed by atoms with Crippen LogP contribution in [0.5, 0.6) is 5.75 Å². The SMILES string of the molecule is Cc1cc(C(F)(F)F)cc(O)c1-c1cc2ncn([C@H]3CCCN(C)C3)c2nn1. The zero-order chi connectivity index (χ0) is 20.1. The highest BCUT2D eigenvalue weighted by Gasteiger charge is 2.32. The number of phenolic OH excluding ortho intramolecular Hbond substituents is 1. The van der Waals surface area contributed by atoms with E-state index in [-0.39, 0.29) is 17.2 Å². The third-order valence-corrected chi connectivity index (χ3v) is 5.21. The fourth-order valence-electron chi connectivity index (χ4n) is 3.85. The van der Waals surface area contributed by atoms with E-state index in [1.165, 1.54) is 6.92 Å². The number of hydrogen-bond donors (Lipinski definition) is 1. The number of fused-ring (bicyclic) bond motifs is 1. The summed E-state index contributed by atoms with van der Waals surface area (Å²) in [6.45, 7) is 3.46. The Morgan fingerprint density at radius 2 is 1.96 bits per heavy atom. The number of aryl methyl sites for hydroxylation is 1. The summed E-state index contributed by atoms with van der Waals surface area (Å²) in [6.07, 6.45) is -0.683. The summed E-state index contributed by atoms with van der Waals surface area (Å²) in [6, 6.07) is 3.62. The molecule has 1 aliphatic rings. The molecule has 1 fully saturated rings. The van der Waals surface area contributed by atoms with Gasteiger partial charge in [-0.25, -0.2) is 4.98 Å². The number of benzene rings is 1. The maximum atomic E-state index is 12.9. The van der Waals surface area contributed by atoms with E-state index in [1.54, 1.807) is 12.4 Å². The van der Waals surface area contributed by atoms with Crippen molar-refractivity contribution in [3.63, 3.8) is 0 Å². The monoisotopic (exact) mass is 391 g/mol. The predicted octanol–water partition coefficient (Wildman–Crippen LogP) is 3.79. The van der Waals surface area contributed by atoms with Crippen LogP contribution in [-0.2, 0) is 6.18 Å². The zero-order valence-electron chi connectivity index (χ0n) is 15.5. The van der Waals surface area contributed by atoms with Gasteiger partial charge >= 0.3 is 6.18 Å². The van der Waals surface area contributed by atoms with Crippen molar-refractivity contribution in [1.82, 2.24) is 24.6 Å². The van der Waals surface area contributed by atoms with Gasteiger partial charge in [-0.2, -0.15) is 13.2 Å². The van der Waals surface area contributed by atoms with Crippen LogP contribution in [0.2, 0.25) is 0 Å². The quantitative estimate of drug-likeness (QED) is 0.720. The third kappa shape index (κ3) is 3.30.